The van der Waals surface area contributed by atoms with Crippen molar-refractivity contribution in [3.63, 3.8) is 0 Å². The number of rotatable bonds is 5. The minimum absolute atomic E-state index is 0.00365. The molecule has 1 aliphatic rings. The molecule has 0 saturated carbocycles. The molecule has 1 fully saturated rings. The van der Waals surface area contributed by atoms with Gasteiger partial charge in [-0.3, -0.25) is 29.9 Å². The monoisotopic (exact) mass is 393 g/mol. The lowest BCUT2D eigenvalue weighted by Gasteiger charge is -2.28. The summed E-state index contributed by atoms with van der Waals surface area (Å²) in [5.74, 6) is -0.0913. The first kappa shape index (κ1) is 20.1. The van der Waals surface area contributed by atoms with Crippen LogP contribution in [0.25, 0.3) is 12.2 Å². The predicted octanol–water partition coefficient (Wildman–Crippen LogP) is 3.87. The van der Waals surface area contributed by atoms with Gasteiger partial charge in [0, 0.05) is 48.5 Å². The van der Waals surface area contributed by atoms with Gasteiger partial charge >= 0.3 is 0 Å². The highest BCUT2D eigenvalue weighted by Gasteiger charge is 2.25. The van der Waals surface area contributed by atoms with E-state index in [1.807, 2.05) is 6.92 Å². The first-order chi connectivity index (χ1) is 13.9. The van der Waals surface area contributed by atoms with E-state index in [0.717, 1.165) is 6.54 Å². The maximum Gasteiger partial charge on any atom is 0.269 e. The maximum atomic E-state index is 13.0. The molecule has 0 N–H and O–H groups in total. The number of hydrogen-bond acceptors (Lipinski definition) is 6. The third kappa shape index (κ3) is 4.80. The fourth-order valence-electron chi connectivity index (χ4n) is 3.12. The summed E-state index contributed by atoms with van der Waals surface area (Å²) in [4.78, 5) is 35.7. The van der Waals surface area contributed by atoms with Gasteiger partial charge in [0.1, 0.15) is 0 Å². The molecule has 1 heterocycles. The Kier molecular flexibility index (Phi) is 5.94. The van der Waals surface area contributed by atoms with Crippen LogP contribution in [-0.4, -0.2) is 40.2 Å². The van der Waals surface area contributed by atoms with Crippen molar-refractivity contribution in [3.8, 4) is 0 Å². The van der Waals surface area contributed by atoms with E-state index in [1.165, 1.54) is 24.3 Å². The summed E-state index contributed by atoms with van der Waals surface area (Å²) in [6, 6.07) is 12.1. The zero-order chi connectivity index (χ0) is 21.0. The van der Waals surface area contributed by atoms with E-state index in [2.05, 4.69) is 4.90 Å². The van der Waals surface area contributed by atoms with E-state index in [-0.39, 0.29) is 17.2 Å². The molecule has 2 aromatic carbocycles. The SMILES string of the molecule is CCN1C/C(=C/c2ccc([N+](=O)[O-])cc2)C(=O)/C(=C/c2ccc([N+](=O)[O-])cc2)C1. The third-order valence-electron chi connectivity index (χ3n) is 4.71. The minimum atomic E-state index is -0.466. The smallest absolute Gasteiger partial charge is 0.269 e. The second kappa shape index (κ2) is 8.57. The third-order valence-corrected chi connectivity index (χ3v) is 4.71. The molecule has 1 aliphatic heterocycles. The van der Waals surface area contributed by atoms with Crippen molar-refractivity contribution in [3.05, 3.63) is 91.0 Å². The highest BCUT2D eigenvalue weighted by atomic mass is 16.6. The average molecular weight is 393 g/mol. The van der Waals surface area contributed by atoms with E-state index in [9.17, 15) is 25.0 Å². The van der Waals surface area contributed by atoms with Crippen LogP contribution in [0, 0.1) is 20.2 Å². The molecule has 0 unspecified atom stereocenters. The minimum Gasteiger partial charge on any atom is -0.295 e. The number of likely N-dealkylation sites (N-methyl/N-ethyl adjacent to an activating group) is 1. The number of Topliss-reactive ketones (excluding diaryl/α,β-unsaturated/α-hetero) is 1. The number of carbonyl (C=O) groups is 1. The van der Waals surface area contributed by atoms with E-state index in [1.54, 1.807) is 36.4 Å². The van der Waals surface area contributed by atoms with E-state index < -0.39 is 9.85 Å². The average Bonchev–Trinajstić information content (AvgIpc) is 2.71. The largest absolute Gasteiger partial charge is 0.295 e. The molecule has 3 rings (SSSR count). The van der Waals surface area contributed by atoms with Crippen LogP contribution in [0.4, 0.5) is 11.4 Å². The van der Waals surface area contributed by atoms with Crippen LogP contribution in [0.1, 0.15) is 18.1 Å². The normalized spacial score (nSPS) is 17.6. The van der Waals surface area contributed by atoms with Gasteiger partial charge in [-0.2, -0.15) is 0 Å². The van der Waals surface area contributed by atoms with Gasteiger partial charge in [-0.1, -0.05) is 6.92 Å². The molecule has 0 aromatic heterocycles. The summed E-state index contributed by atoms with van der Waals surface area (Å²) in [6.07, 6.45) is 3.50. The van der Waals surface area contributed by atoms with Crippen molar-refractivity contribution in [1.82, 2.24) is 4.90 Å². The molecule has 0 atom stereocenters. The van der Waals surface area contributed by atoms with E-state index >= 15 is 0 Å². The highest BCUT2D eigenvalue weighted by molar-refractivity contribution is 6.14. The zero-order valence-corrected chi connectivity index (χ0v) is 15.8. The lowest BCUT2D eigenvalue weighted by Crippen LogP contribution is -2.37. The number of nitrogens with zero attached hydrogens (tertiary/aromatic N) is 3. The van der Waals surface area contributed by atoms with Crippen molar-refractivity contribution in [2.45, 2.75) is 6.92 Å². The van der Waals surface area contributed by atoms with Crippen LogP contribution in [0.2, 0.25) is 0 Å². The van der Waals surface area contributed by atoms with Gasteiger partial charge in [-0.25, -0.2) is 0 Å². The summed E-state index contributed by atoms with van der Waals surface area (Å²) < 4.78 is 0. The van der Waals surface area contributed by atoms with Crippen LogP contribution in [0.15, 0.2) is 59.7 Å². The van der Waals surface area contributed by atoms with Gasteiger partial charge in [-0.15, -0.1) is 0 Å². The predicted molar refractivity (Wildman–Crippen MR) is 109 cm³/mol. The molecule has 29 heavy (non-hydrogen) atoms. The number of piperidine rings is 1. The first-order valence-corrected chi connectivity index (χ1v) is 9.04. The highest BCUT2D eigenvalue weighted by Crippen LogP contribution is 2.23. The summed E-state index contributed by atoms with van der Waals surface area (Å²) in [6.45, 7) is 3.74. The molecular weight excluding hydrogens is 374 g/mol. The van der Waals surface area contributed by atoms with Crippen LogP contribution in [0.5, 0.6) is 0 Å². The van der Waals surface area contributed by atoms with Gasteiger partial charge in [0.25, 0.3) is 11.4 Å². The number of likely N-dealkylation sites (tertiary alicyclic amines) is 1. The first-order valence-electron chi connectivity index (χ1n) is 9.04. The number of nitro groups is 2. The number of nitro benzene ring substituents is 2. The second-order valence-corrected chi connectivity index (χ2v) is 6.67. The summed E-state index contributed by atoms with van der Waals surface area (Å²) >= 11 is 0. The fourth-order valence-corrected chi connectivity index (χ4v) is 3.12. The Morgan fingerprint density at radius 2 is 1.21 bits per heavy atom. The topological polar surface area (TPSA) is 107 Å². The number of ketones is 1. The van der Waals surface area contributed by atoms with E-state index in [4.69, 9.17) is 0 Å². The molecule has 1 saturated heterocycles. The number of non-ortho nitro benzene ring substituents is 2. The molecule has 8 heteroatoms. The molecule has 8 nitrogen and oxygen atoms in total. The Labute approximate surface area is 167 Å². The molecule has 148 valence electrons. The maximum absolute atomic E-state index is 13.0. The van der Waals surface area contributed by atoms with Crippen LogP contribution in [-0.2, 0) is 4.79 Å². The summed E-state index contributed by atoms with van der Waals surface area (Å²) in [7, 11) is 0. The van der Waals surface area contributed by atoms with Gasteiger partial charge in [0.2, 0.25) is 0 Å². The molecule has 0 spiro atoms. The second-order valence-electron chi connectivity index (χ2n) is 6.67. The van der Waals surface area contributed by atoms with Crippen LogP contribution < -0.4 is 0 Å². The molecular formula is C21H19N3O5. The molecule has 0 bridgehead atoms. The van der Waals surface area contributed by atoms with Crippen molar-refractivity contribution < 1.29 is 14.6 Å². The van der Waals surface area contributed by atoms with Crippen LogP contribution >= 0.6 is 0 Å². The Morgan fingerprint density at radius 1 is 0.828 bits per heavy atom. The Bertz CT molecular complexity index is 928. The Balaban J connectivity index is 1.90. The van der Waals surface area contributed by atoms with Gasteiger partial charge in [0.15, 0.2) is 5.78 Å². The van der Waals surface area contributed by atoms with Gasteiger partial charge in [-0.05, 0) is 54.1 Å². The molecule has 0 aliphatic carbocycles. The van der Waals surface area contributed by atoms with Crippen molar-refractivity contribution in [2.75, 3.05) is 19.6 Å². The van der Waals surface area contributed by atoms with Crippen molar-refractivity contribution >= 4 is 29.3 Å². The molecule has 2 aromatic rings. The summed E-state index contributed by atoms with van der Waals surface area (Å²) in [5.41, 5.74) is 2.62. The summed E-state index contributed by atoms with van der Waals surface area (Å²) in [5, 5.41) is 21.6. The lowest BCUT2D eigenvalue weighted by molar-refractivity contribution is -0.385. The lowest BCUT2D eigenvalue weighted by atomic mass is 9.94. The van der Waals surface area contributed by atoms with Crippen molar-refractivity contribution in [1.29, 1.82) is 0 Å². The fraction of sp³-hybridized carbons (Fsp3) is 0.190. The quantitative estimate of drug-likeness (QED) is 0.433. The number of benzene rings is 2. The molecule has 0 radical (unpaired) electrons. The van der Waals surface area contributed by atoms with Gasteiger partial charge < -0.3 is 0 Å². The number of hydrogen-bond donors (Lipinski definition) is 0. The number of carbonyl (C=O) groups excluding carboxylic acids is 1. The Morgan fingerprint density at radius 3 is 1.52 bits per heavy atom. The standard InChI is InChI=1S/C21H19N3O5/c1-2-22-13-17(11-15-3-7-19(8-4-15)23(26)27)21(25)18(14-22)12-16-5-9-20(10-6-16)24(28)29/h3-12H,2,13-14H2,1H3/b17-11-,18-12+. The van der Waals surface area contributed by atoms with Crippen molar-refractivity contribution in [2.24, 2.45) is 0 Å². The van der Waals surface area contributed by atoms with Crippen LogP contribution in [0.3, 0.4) is 0 Å². The molecule has 0 amide bonds. The zero-order valence-electron chi connectivity index (χ0n) is 15.8. The van der Waals surface area contributed by atoms with Gasteiger partial charge in [0.05, 0.1) is 9.85 Å². The van der Waals surface area contributed by atoms with E-state index in [0.29, 0.717) is 35.4 Å². The Hall–Kier alpha value is -3.65.